The van der Waals surface area contributed by atoms with E-state index in [4.69, 9.17) is 4.74 Å². The average Bonchev–Trinajstić information content (AvgIpc) is 2.98. The van der Waals surface area contributed by atoms with Gasteiger partial charge < -0.3 is 15.0 Å². The maximum Gasteiger partial charge on any atom is 0.259 e. The van der Waals surface area contributed by atoms with Crippen LogP contribution in [0.25, 0.3) is 0 Å². The maximum atomic E-state index is 12.9. The van der Waals surface area contributed by atoms with E-state index in [9.17, 15) is 9.59 Å². The lowest BCUT2D eigenvalue weighted by Gasteiger charge is -2.20. The number of halogens is 1. The molecule has 6 heteroatoms. The molecule has 2 aromatic carbocycles. The fourth-order valence-corrected chi connectivity index (χ4v) is 3.78. The fourth-order valence-electron chi connectivity index (χ4n) is 3.42. The molecule has 0 bridgehead atoms. The summed E-state index contributed by atoms with van der Waals surface area (Å²) in [7, 11) is 0. The van der Waals surface area contributed by atoms with Gasteiger partial charge in [0.15, 0.2) is 0 Å². The summed E-state index contributed by atoms with van der Waals surface area (Å²) in [6.07, 6.45) is 4.39. The lowest BCUT2D eigenvalue weighted by molar-refractivity contribution is 0.0761. The van der Waals surface area contributed by atoms with Crippen molar-refractivity contribution >= 4 is 33.4 Å². The first kappa shape index (κ1) is 21.4. The molecule has 1 saturated heterocycles. The largest absolute Gasteiger partial charge is 0.490 e. The third-order valence-electron chi connectivity index (χ3n) is 4.81. The van der Waals surface area contributed by atoms with Gasteiger partial charge in [-0.3, -0.25) is 9.59 Å². The second-order valence-corrected chi connectivity index (χ2v) is 8.46. The van der Waals surface area contributed by atoms with Gasteiger partial charge in [-0.25, -0.2) is 0 Å². The highest BCUT2D eigenvalue weighted by Gasteiger charge is 2.19. The van der Waals surface area contributed by atoms with Gasteiger partial charge in [0.1, 0.15) is 5.75 Å². The molecule has 2 aromatic rings. The molecule has 1 aliphatic rings. The van der Waals surface area contributed by atoms with Crippen LogP contribution in [0.15, 0.2) is 46.9 Å². The average molecular weight is 459 g/mol. The number of carbonyl (C=O) groups is 2. The van der Waals surface area contributed by atoms with Crippen LogP contribution in [0, 0.1) is 0 Å². The molecule has 1 aliphatic heterocycles. The van der Waals surface area contributed by atoms with E-state index in [-0.39, 0.29) is 17.9 Å². The van der Waals surface area contributed by atoms with E-state index in [0.717, 1.165) is 30.4 Å². The van der Waals surface area contributed by atoms with E-state index in [0.29, 0.717) is 22.6 Å². The van der Waals surface area contributed by atoms with Gasteiger partial charge in [0.2, 0.25) is 0 Å². The van der Waals surface area contributed by atoms with Crippen LogP contribution < -0.4 is 10.1 Å². The normalized spacial score (nSPS) is 14.4. The number of nitrogens with zero attached hydrogens (tertiary/aromatic N) is 1. The number of carbonyl (C=O) groups excluding carboxylic acids is 2. The summed E-state index contributed by atoms with van der Waals surface area (Å²) in [5.41, 5.74) is 1.63. The Bertz CT molecular complexity index is 874. The molecule has 0 spiro atoms. The highest BCUT2D eigenvalue weighted by Crippen LogP contribution is 2.26. The molecular weight excluding hydrogens is 432 g/mol. The molecule has 0 atom stereocenters. The predicted molar refractivity (Wildman–Crippen MR) is 119 cm³/mol. The molecule has 1 N–H and O–H groups in total. The number of nitrogens with one attached hydrogen (secondary N) is 1. The Morgan fingerprint density at radius 2 is 1.76 bits per heavy atom. The lowest BCUT2D eigenvalue weighted by atomic mass is 10.1. The zero-order valence-corrected chi connectivity index (χ0v) is 18.5. The summed E-state index contributed by atoms with van der Waals surface area (Å²) in [6.45, 7) is 5.43. The highest BCUT2D eigenvalue weighted by molar-refractivity contribution is 9.10. The minimum atomic E-state index is -0.277. The van der Waals surface area contributed by atoms with Crippen LogP contribution in [0.5, 0.6) is 5.75 Å². The van der Waals surface area contributed by atoms with E-state index in [1.807, 2.05) is 24.8 Å². The summed E-state index contributed by atoms with van der Waals surface area (Å²) >= 11 is 3.41. The Kier molecular flexibility index (Phi) is 7.31. The van der Waals surface area contributed by atoms with Gasteiger partial charge in [0.25, 0.3) is 11.8 Å². The van der Waals surface area contributed by atoms with Crippen molar-refractivity contribution in [3.05, 3.63) is 58.1 Å². The van der Waals surface area contributed by atoms with Crippen LogP contribution in [0.2, 0.25) is 0 Å². The number of likely N-dealkylation sites (tertiary alicyclic amines) is 1. The number of benzene rings is 2. The van der Waals surface area contributed by atoms with Gasteiger partial charge in [-0.2, -0.15) is 0 Å². The standard InChI is InChI=1S/C23H27BrN2O3/c1-16(2)29-21-11-10-18(24)15-20(21)22(27)25-19-9-7-8-17(14-19)23(28)26-12-5-3-4-6-13-26/h7-11,14-16H,3-6,12-13H2,1-2H3,(H,25,27). The van der Waals surface area contributed by atoms with Crippen LogP contribution in [-0.2, 0) is 0 Å². The summed E-state index contributed by atoms with van der Waals surface area (Å²) in [5.74, 6) is 0.271. The molecule has 0 aromatic heterocycles. The van der Waals surface area contributed by atoms with Gasteiger partial charge in [-0.05, 0) is 63.1 Å². The zero-order chi connectivity index (χ0) is 20.8. The van der Waals surface area contributed by atoms with Crippen molar-refractivity contribution in [1.82, 2.24) is 4.90 Å². The molecule has 5 nitrogen and oxygen atoms in total. The number of hydrogen-bond acceptors (Lipinski definition) is 3. The molecule has 0 unspecified atom stereocenters. The second-order valence-electron chi connectivity index (χ2n) is 7.55. The summed E-state index contributed by atoms with van der Waals surface area (Å²) in [5, 5.41) is 2.90. The van der Waals surface area contributed by atoms with Gasteiger partial charge in [0.05, 0.1) is 11.7 Å². The number of amides is 2. The third-order valence-corrected chi connectivity index (χ3v) is 5.30. The van der Waals surface area contributed by atoms with Gasteiger partial charge in [-0.15, -0.1) is 0 Å². The molecule has 154 valence electrons. The Balaban J connectivity index is 1.77. The fraction of sp³-hybridized carbons (Fsp3) is 0.391. The number of rotatable bonds is 5. The van der Waals surface area contributed by atoms with Crippen LogP contribution in [0.3, 0.4) is 0 Å². The van der Waals surface area contributed by atoms with Crippen molar-refractivity contribution in [3.63, 3.8) is 0 Å². The van der Waals surface area contributed by atoms with E-state index < -0.39 is 0 Å². The van der Waals surface area contributed by atoms with Crippen molar-refractivity contribution in [3.8, 4) is 5.75 Å². The first-order chi connectivity index (χ1) is 13.9. The van der Waals surface area contributed by atoms with Crippen LogP contribution >= 0.6 is 15.9 Å². The molecule has 1 fully saturated rings. The minimum absolute atomic E-state index is 0.0225. The lowest BCUT2D eigenvalue weighted by Crippen LogP contribution is -2.31. The van der Waals surface area contributed by atoms with E-state index in [2.05, 4.69) is 21.2 Å². The molecule has 0 saturated carbocycles. The molecule has 3 rings (SSSR count). The van der Waals surface area contributed by atoms with E-state index >= 15 is 0 Å². The summed E-state index contributed by atoms with van der Waals surface area (Å²) in [6, 6.07) is 12.5. The quantitative estimate of drug-likeness (QED) is 0.642. The van der Waals surface area contributed by atoms with Crippen molar-refractivity contribution in [2.75, 3.05) is 18.4 Å². The second kappa shape index (κ2) is 9.92. The number of ether oxygens (including phenoxy) is 1. The van der Waals surface area contributed by atoms with Crippen molar-refractivity contribution < 1.29 is 14.3 Å². The molecule has 29 heavy (non-hydrogen) atoms. The van der Waals surface area contributed by atoms with E-state index in [1.165, 1.54) is 12.8 Å². The molecule has 2 amide bonds. The molecular formula is C23H27BrN2O3. The minimum Gasteiger partial charge on any atom is -0.490 e. The van der Waals surface area contributed by atoms with Gasteiger partial charge in [-0.1, -0.05) is 34.8 Å². The van der Waals surface area contributed by atoms with Crippen molar-refractivity contribution in [1.29, 1.82) is 0 Å². The zero-order valence-electron chi connectivity index (χ0n) is 16.9. The molecule has 1 heterocycles. The summed E-state index contributed by atoms with van der Waals surface area (Å²) < 4.78 is 6.57. The van der Waals surface area contributed by atoms with Crippen molar-refractivity contribution in [2.45, 2.75) is 45.6 Å². The van der Waals surface area contributed by atoms with E-state index in [1.54, 1.807) is 36.4 Å². The topological polar surface area (TPSA) is 58.6 Å². The molecule has 0 aliphatic carbocycles. The monoisotopic (exact) mass is 458 g/mol. The number of anilines is 1. The highest BCUT2D eigenvalue weighted by atomic mass is 79.9. The first-order valence-electron chi connectivity index (χ1n) is 10.1. The van der Waals surface area contributed by atoms with Crippen LogP contribution in [0.4, 0.5) is 5.69 Å². The summed E-state index contributed by atoms with van der Waals surface area (Å²) in [4.78, 5) is 27.7. The SMILES string of the molecule is CC(C)Oc1ccc(Br)cc1C(=O)Nc1cccc(C(=O)N2CCCCCC2)c1. The first-order valence-corrected chi connectivity index (χ1v) is 10.9. The Labute approximate surface area is 180 Å². The van der Waals surface area contributed by atoms with Gasteiger partial charge >= 0.3 is 0 Å². The third kappa shape index (κ3) is 5.82. The Morgan fingerprint density at radius 1 is 1.03 bits per heavy atom. The predicted octanol–water partition coefficient (Wildman–Crippen LogP) is 5.50. The van der Waals surface area contributed by atoms with Crippen LogP contribution in [-0.4, -0.2) is 35.9 Å². The maximum absolute atomic E-state index is 12.9. The molecule has 0 radical (unpaired) electrons. The Morgan fingerprint density at radius 3 is 2.45 bits per heavy atom. The Hall–Kier alpha value is -2.34. The smallest absolute Gasteiger partial charge is 0.259 e. The van der Waals surface area contributed by atoms with Gasteiger partial charge in [0, 0.05) is 28.8 Å². The van der Waals surface area contributed by atoms with Crippen LogP contribution in [0.1, 0.15) is 60.2 Å². The number of hydrogen-bond donors (Lipinski definition) is 1. The van der Waals surface area contributed by atoms with Crippen molar-refractivity contribution in [2.24, 2.45) is 0 Å².